The van der Waals surface area contributed by atoms with Crippen LogP contribution in [0.3, 0.4) is 0 Å². The van der Waals surface area contributed by atoms with Gasteiger partial charge in [0.2, 0.25) is 0 Å². The molecule has 0 bridgehead atoms. The van der Waals surface area contributed by atoms with E-state index in [9.17, 15) is 9.90 Å². The second-order valence-electron chi connectivity index (χ2n) is 3.94. The van der Waals surface area contributed by atoms with E-state index in [0.29, 0.717) is 17.8 Å². The van der Waals surface area contributed by atoms with Crippen molar-refractivity contribution in [1.82, 2.24) is 4.90 Å². The standard InChI is InChI=1S/C11H14N2O3/c12-8-2-1-7-4-13(5-9(15)6-14)11(16)10(7)3-8/h1-3,9,14-15H,4-6,12H2. The van der Waals surface area contributed by atoms with E-state index in [1.807, 2.05) is 6.07 Å². The number of hydrogen-bond donors (Lipinski definition) is 3. The lowest BCUT2D eigenvalue weighted by molar-refractivity contribution is 0.0475. The summed E-state index contributed by atoms with van der Waals surface area (Å²) in [5.41, 5.74) is 7.65. The summed E-state index contributed by atoms with van der Waals surface area (Å²) >= 11 is 0. The zero-order valence-corrected chi connectivity index (χ0v) is 8.76. The second-order valence-corrected chi connectivity index (χ2v) is 3.94. The number of benzene rings is 1. The van der Waals surface area contributed by atoms with Gasteiger partial charge in [0.25, 0.3) is 5.91 Å². The largest absolute Gasteiger partial charge is 0.399 e. The van der Waals surface area contributed by atoms with Crippen molar-refractivity contribution in [3.8, 4) is 0 Å². The van der Waals surface area contributed by atoms with Crippen LogP contribution in [0.4, 0.5) is 5.69 Å². The van der Waals surface area contributed by atoms with Crippen molar-refractivity contribution in [2.45, 2.75) is 12.6 Å². The summed E-state index contributed by atoms with van der Waals surface area (Å²) in [5.74, 6) is -0.144. The molecule has 16 heavy (non-hydrogen) atoms. The van der Waals surface area contributed by atoms with Gasteiger partial charge < -0.3 is 20.8 Å². The Kier molecular flexibility index (Phi) is 2.80. The molecule has 0 saturated carbocycles. The first-order chi connectivity index (χ1) is 7.61. The average molecular weight is 222 g/mol. The molecule has 4 N–H and O–H groups in total. The number of carbonyl (C=O) groups excluding carboxylic acids is 1. The molecule has 5 heteroatoms. The summed E-state index contributed by atoms with van der Waals surface area (Å²) in [5, 5.41) is 18.0. The molecule has 1 aromatic carbocycles. The van der Waals surface area contributed by atoms with Crippen LogP contribution < -0.4 is 5.73 Å². The molecule has 0 aliphatic carbocycles. The maximum atomic E-state index is 11.9. The Balaban J connectivity index is 2.18. The smallest absolute Gasteiger partial charge is 0.254 e. The Hall–Kier alpha value is -1.59. The van der Waals surface area contributed by atoms with Crippen LogP contribution in [0.15, 0.2) is 18.2 Å². The molecule has 1 amide bonds. The highest BCUT2D eigenvalue weighted by Gasteiger charge is 2.28. The quantitative estimate of drug-likeness (QED) is 0.606. The molecule has 0 radical (unpaired) electrons. The third-order valence-electron chi connectivity index (χ3n) is 2.65. The van der Waals surface area contributed by atoms with Crippen LogP contribution in [0.2, 0.25) is 0 Å². The van der Waals surface area contributed by atoms with E-state index in [1.54, 1.807) is 12.1 Å². The van der Waals surface area contributed by atoms with E-state index in [4.69, 9.17) is 10.8 Å². The van der Waals surface area contributed by atoms with Crippen molar-refractivity contribution >= 4 is 11.6 Å². The predicted molar refractivity (Wildman–Crippen MR) is 58.7 cm³/mol. The van der Waals surface area contributed by atoms with Crippen molar-refractivity contribution in [1.29, 1.82) is 0 Å². The van der Waals surface area contributed by atoms with E-state index in [-0.39, 0.29) is 19.1 Å². The van der Waals surface area contributed by atoms with Gasteiger partial charge in [-0.1, -0.05) is 6.07 Å². The number of aliphatic hydroxyl groups is 2. The average Bonchev–Trinajstić information content (AvgIpc) is 2.56. The van der Waals surface area contributed by atoms with Gasteiger partial charge in [-0.25, -0.2) is 0 Å². The molecular weight excluding hydrogens is 208 g/mol. The van der Waals surface area contributed by atoms with Crippen molar-refractivity contribution in [3.63, 3.8) is 0 Å². The van der Waals surface area contributed by atoms with Crippen LogP contribution in [-0.4, -0.2) is 40.3 Å². The molecule has 0 spiro atoms. The number of fused-ring (bicyclic) bond motifs is 1. The van der Waals surface area contributed by atoms with Gasteiger partial charge in [-0.05, 0) is 17.7 Å². The Morgan fingerprint density at radius 1 is 1.50 bits per heavy atom. The summed E-state index contributed by atoms with van der Waals surface area (Å²) in [6.07, 6.45) is -0.893. The Bertz CT molecular complexity index is 420. The monoisotopic (exact) mass is 222 g/mol. The van der Waals surface area contributed by atoms with Gasteiger partial charge in [-0.3, -0.25) is 4.79 Å². The molecule has 1 heterocycles. The van der Waals surface area contributed by atoms with E-state index in [0.717, 1.165) is 5.56 Å². The molecule has 5 nitrogen and oxygen atoms in total. The molecule has 2 rings (SSSR count). The fourth-order valence-electron chi connectivity index (χ4n) is 1.84. The number of nitrogen functional groups attached to an aromatic ring is 1. The van der Waals surface area contributed by atoms with E-state index < -0.39 is 6.10 Å². The maximum Gasteiger partial charge on any atom is 0.254 e. The Labute approximate surface area is 93.1 Å². The van der Waals surface area contributed by atoms with Crippen molar-refractivity contribution in [2.24, 2.45) is 0 Å². The van der Waals surface area contributed by atoms with Gasteiger partial charge >= 0.3 is 0 Å². The van der Waals surface area contributed by atoms with E-state index in [1.165, 1.54) is 4.90 Å². The summed E-state index contributed by atoms with van der Waals surface area (Å²) in [6.45, 7) is 0.262. The zero-order valence-electron chi connectivity index (χ0n) is 8.76. The number of rotatable bonds is 3. The number of nitrogens with zero attached hydrogens (tertiary/aromatic N) is 1. The molecule has 86 valence electrons. The number of aliphatic hydroxyl groups excluding tert-OH is 2. The molecule has 1 atom stereocenters. The number of amides is 1. The summed E-state index contributed by atoms with van der Waals surface area (Å²) in [7, 11) is 0. The number of hydrogen-bond acceptors (Lipinski definition) is 4. The second kappa shape index (κ2) is 4.11. The Morgan fingerprint density at radius 3 is 2.94 bits per heavy atom. The number of β-amino-alcohol motifs (C(OH)–C–C–N with tert-alkyl or cyclic N) is 1. The third kappa shape index (κ3) is 1.87. The number of nitrogens with two attached hydrogens (primary N) is 1. The molecule has 1 aliphatic rings. The van der Waals surface area contributed by atoms with Crippen molar-refractivity contribution < 1.29 is 15.0 Å². The molecule has 0 fully saturated rings. The Morgan fingerprint density at radius 2 is 2.25 bits per heavy atom. The molecule has 1 unspecified atom stereocenters. The van der Waals surface area contributed by atoms with Crippen LogP contribution in [-0.2, 0) is 6.54 Å². The lowest BCUT2D eigenvalue weighted by Crippen LogP contribution is -2.34. The van der Waals surface area contributed by atoms with Crippen LogP contribution in [0.1, 0.15) is 15.9 Å². The number of carbonyl (C=O) groups is 1. The molecule has 1 aliphatic heterocycles. The van der Waals surface area contributed by atoms with E-state index >= 15 is 0 Å². The van der Waals surface area contributed by atoms with Crippen molar-refractivity contribution in [2.75, 3.05) is 18.9 Å². The lowest BCUT2D eigenvalue weighted by Gasteiger charge is -2.18. The fourth-order valence-corrected chi connectivity index (χ4v) is 1.84. The van der Waals surface area contributed by atoms with Gasteiger partial charge in [-0.15, -0.1) is 0 Å². The zero-order chi connectivity index (χ0) is 11.7. The van der Waals surface area contributed by atoms with Crippen LogP contribution in [0.25, 0.3) is 0 Å². The molecule has 1 aromatic rings. The highest BCUT2D eigenvalue weighted by Crippen LogP contribution is 2.24. The van der Waals surface area contributed by atoms with Crippen LogP contribution in [0.5, 0.6) is 0 Å². The minimum Gasteiger partial charge on any atom is -0.399 e. The predicted octanol–water partition coefficient (Wildman–Crippen LogP) is -0.422. The van der Waals surface area contributed by atoms with Gasteiger partial charge in [0.05, 0.1) is 12.7 Å². The topological polar surface area (TPSA) is 86.8 Å². The van der Waals surface area contributed by atoms with Gasteiger partial charge in [0, 0.05) is 24.3 Å². The summed E-state index contributed by atoms with van der Waals surface area (Å²) < 4.78 is 0. The fraction of sp³-hybridized carbons (Fsp3) is 0.364. The lowest BCUT2D eigenvalue weighted by atomic mass is 10.1. The minimum absolute atomic E-state index is 0.143. The molecular formula is C11H14N2O3. The van der Waals surface area contributed by atoms with Gasteiger partial charge in [-0.2, -0.15) is 0 Å². The van der Waals surface area contributed by atoms with Crippen LogP contribution in [0, 0.1) is 0 Å². The van der Waals surface area contributed by atoms with Crippen LogP contribution >= 0.6 is 0 Å². The highest BCUT2D eigenvalue weighted by atomic mass is 16.3. The molecule has 0 saturated heterocycles. The van der Waals surface area contributed by atoms with Crippen molar-refractivity contribution in [3.05, 3.63) is 29.3 Å². The number of anilines is 1. The normalized spacial score (nSPS) is 16.4. The first-order valence-corrected chi connectivity index (χ1v) is 5.08. The minimum atomic E-state index is -0.893. The SMILES string of the molecule is Nc1ccc2c(c1)C(=O)N(CC(O)CO)C2. The summed E-state index contributed by atoms with van der Waals surface area (Å²) in [6, 6.07) is 5.20. The maximum absolute atomic E-state index is 11.9. The first-order valence-electron chi connectivity index (χ1n) is 5.08. The van der Waals surface area contributed by atoms with Gasteiger partial charge in [0.15, 0.2) is 0 Å². The first kappa shape index (κ1) is 10.9. The third-order valence-corrected chi connectivity index (χ3v) is 2.65. The summed E-state index contributed by atoms with van der Waals surface area (Å²) in [4.78, 5) is 13.4. The van der Waals surface area contributed by atoms with E-state index in [2.05, 4.69) is 0 Å². The highest BCUT2D eigenvalue weighted by molar-refractivity contribution is 5.99. The van der Waals surface area contributed by atoms with Gasteiger partial charge in [0.1, 0.15) is 0 Å². The molecule has 0 aromatic heterocycles.